The molecule has 0 unspecified atom stereocenters. The van der Waals surface area contributed by atoms with Gasteiger partial charge in [-0.3, -0.25) is 0 Å². The van der Waals surface area contributed by atoms with Crippen LogP contribution in [0.4, 0.5) is 17.6 Å². The molecule has 1 aromatic carbocycles. The highest BCUT2D eigenvalue weighted by Gasteiger charge is 2.39. The molecule has 0 fully saturated rings. The summed E-state index contributed by atoms with van der Waals surface area (Å²) in [7, 11) is 0. The zero-order chi connectivity index (χ0) is 14.5. The number of benzene rings is 1. The fourth-order valence-corrected chi connectivity index (χ4v) is 1.30. The van der Waals surface area contributed by atoms with E-state index in [1.807, 2.05) is 0 Å². The smallest absolute Gasteiger partial charge is 0.319 e. The first kappa shape index (κ1) is 15.2. The highest BCUT2D eigenvalue weighted by Crippen LogP contribution is 2.21. The first-order valence-electron chi connectivity index (χ1n) is 5.30. The highest BCUT2D eigenvalue weighted by atomic mass is 19.3. The maximum Gasteiger partial charge on any atom is 0.319 e. The standard InChI is InChI=1S/C11H13F4N3O/c12-10(13)11(14,15)6-17-5-7-1-3-8(4-2-7)9(16)18-19/h1-4,10,17,19H,5-6H2,(H2,16,18). The SMILES string of the molecule is N/C(=N/O)c1ccc(CNCC(F)(F)C(F)F)cc1. The summed E-state index contributed by atoms with van der Waals surface area (Å²) in [5.74, 6) is -4.13. The molecule has 1 rings (SSSR count). The second kappa shape index (κ2) is 6.37. The van der Waals surface area contributed by atoms with Crippen LogP contribution >= 0.6 is 0 Å². The molecule has 19 heavy (non-hydrogen) atoms. The summed E-state index contributed by atoms with van der Waals surface area (Å²) in [5, 5.41) is 13.5. The average Bonchev–Trinajstić information content (AvgIpc) is 2.38. The van der Waals surface area contributed by atoms with Gasteiger partial charge in [0.15, 0.2) is 5.84 Å². The van der Waals surface area contributed by atoms with Crippen molar-refractivity contribution in [1.29, 1.82) is 0 Å². The van der Waals surface area contributed by atoms with Gasteiger partial charge in [-0.2, -0.15) is 8.78 Å². The maximum absolute atomic E-state index is 12.6. The van der Waals surface area contributed by atoms with Crippen molar-refractivity contribution in [3.05, 3.63) is 35.4 Å². The Hall–Kier alpha value is -1.83. The Bertz CT molecular complexity index is 434. The molecule has 0 atom stereocenters. The largest absolute Gasteiger partial charge is 0.409 e. The first-order chi connectivity index (χ1) is 8.86. The van der Waals surface area contributed by atoms with Gasteiger partial charge in [0.05, 0.1) is 6.54 Å². The Kier molecular flexibility index (Phi) is 5.11. The van der Waals surface area contributed by atoms with Crippen molar-refractivity contribution in [2.75, 3.05) is 6.54 Å². The third-order valence-electron chi connectivity index (χ3n) is 2.37. The molecule has 0 amide bonds. The number of amidine groups is 1. The van der Waals surface area contributed by atoms with Crippen LogP contribution in [-0.4, -0.2) is 29.9 Å². The Labute approximate surface area is 106 Å². The molecule has 0 aliphatic rings. The number of oxime groups is 1. The molecule has 106 valence electrons. The number of halogens is 4. The fraction of sp³-hybridized carbons (Fsp3) is 0.364. The van der Waals surface area contributed by atoms with Crippen molar-refractivity contribution in [3.63, 3.8) is 0 Å². The van der Waals surface area contributed by atoms with Gasteiger partial charge in [-0.25, -0.2) is 8.78 Å². The number of alkyl halides is 4. The summed E-state index contributed by atoms with van der Waals surface area (Å²) in [6.07, 6.45) is -3.69. The van der Waals surface area contributed by atoms with Gasteiger partial charge < -0.3 is 16.3 Å². The van der Waals surface area contributed by atoms with Crippen molar-refractivity contribution >= 4 is 5.84 Å². The summed E-state index contributed by atoms with van der Waals surface area (Å²) in [5.41, 5.74) is 6.41. The molecule has 1 aromatic rings. The Morgan fingerprint density at radius 1 is 1.32 bits per heavy atom. The molecule has 0 heterocycles. The quantitative estimate of drug-likeness (QED) is 0.244. The van der Waals surface area contributed by atoms with Crippen LogP contribution in [0.3, 0.4) is 0 Å². The van der Waals surface area contributed by atoms with Gasteiger partial charge in [-0.1, -0.05) is 29.4 Å². The highest BCUT2D eigenvalue weighted by molar-refractivity contribution is 5.96. The van der Waals surface area contributed by atoms with Gasteiger partial charge in [-0.15, -0.1) is 0 Å². The molecule has 8 heteroatoms. The van der Waals surface area contributed by atoms with Gasteiger partial charge in [-0.05, 0) is 5.56 Å². The minimum atomic E-state index is -4.05. The molecule has 0 aliphatic heterocycles. The molecule has 0 aromatic heterocycles. The van der Waals surface area contributed by atoms with Crippen LogP contribution in [-0.2, 0) is 6.54 Å². The van der Waals surface area contributed by atoms with Gasteiger partial charge in [0.25, 0.3) is 0 Å². The second-order valence-corrected chi connectivity index (χ2v) is 3.85. The zero-order valence-corrected chi connectivity index (χ0v) is 9.78. The molecule has 4 nitrogen and oxygen atoms in total. The van der Waals surface area contributed by atoms with Crippen LogP contribution in [0.25, 0.3) is 0 Å². The van der Waals surface area contributed by atoms with E-state index in [-0.39, 0.29) is 12.4 Å². The Balaban J connectivity index is 2.51. The molecular formula is C11H13F4N3O. The maximum atomic E-state index is 12.6. The predicted octanol–water partition coefficient (Wildman–Crippen LogP) is 1.77. The second-order valence-electron chi connectivity index (χ2n) is 3.85. The van der Waals surface area contributed by atoms with Crippen LogP contribution in [0.2, 0.25) is 0 Å². The average molecular weight is 279 g/mol. The summed E-state index contributed by atoms with van der Waals surface area (Å²) in [4.78, 5) is 0. The third kappa shape index (κ3) is 4.40. The Morgan fingerprint density at radius 3 is 2.37 bits per heavy atom. The lowest BCUT2D eigenvalue weighted by Crippen LogP contribution is -2.38. The van der Waals surface area contributed by atoms with E-state index in [4.69, 9.17) is 10.9 Å². The number of rotatable bonds is 6. The number of nitrogens with zero attached hydrogens (tertiary/aromatic N) is 1. The van der Waals surface area contributed by atoms with E-state index < -0.39 is 18.9 Å². The minimum absolute atomic E-state index is 0.0127. The number of hydrogen-bond acceptors (Lipinski definition) is 3. The fourth-order valence-electron chi connectivity index (χ4n) is 1.30. The van der Waals surface area contributed by atoms with E-state index in [2.05, 4.69) is 10.5 Å². The summed E-state index contributed by atoms with van der Waals surface area (Å²) >= 11 is 0. The molecule has 0 saturated heterocycles. The summed E-state index contributed by atoms with van der Waals surface area (Å²) < 4.78 is 48.9. The normalized spacial score (nSPS) is 13.0. The molecule has 0 radical (unpaired) electrons. The lowest BCUT2D eigenvalue weighted by Gasteiger charge is -2.15. The van der Waals surface area contributed by atoms with Crippen LogP contribution in [0, 0.1) is 0 Å². The van der Waals surface area contributed by atoms with Gasteiger partial charge >= 0.3 is 12.3 Å². The number of hydrogen-bond donors (Lipinski definition) is 3. The van der Waals surface area contributed by atoms with E-state index in [0.717, 1.165) is 0 Å². The summed E-state index contributed by atoms with van der Waals surface area (Å²) in [6.45, 7) is -1.09. The van der Waals surface area contributed by atoms with Crippen LogP contribution in [0.1, 0.15) is 11.1 Å². The monoisotopic (exact) mass is 279 g/mol. The molecule has 0 bridgehead atoms. The minimum Gasteiger partial charge on any atom is -0.409 e. The van der Waals surface area contributed by atoms with Crippen molar-refractivity contribution in [2.24, 2.45) is 10.9 Å². The Morgan fingerprint density at radius 2 is 1.89 bits per heavy atom. The van der Waals surface area contributed by atoms with Gasteiger partial charge in [0, 0.05) is 12.1 Å². The van der Waals surface area contributed by atoms with Crippen LogP contribution in [0.5, 0.6) is 0 Å². The predicted molar refractivity (Wildman–Crippen MR) is 61.6 cm³/mol. The van der Waals surface area contributed by atoms with Crippen molar-refractivity contribution in [2.45, 2.75) is 18.9 Å². The molecule has 4 N–H and O–H groups in total. The van der Waals surface area contributed by atoms with E-state index in [0.29, 0.717) is 11.1 Å². The number of nitrogens with one attached hydrogen (secondary N) is 1. The first-order valence-corrected chi connectivity index (χ1v) is 5.30. The van der Waals surface area contributed by atoms with Crippen molar-refractivity contribution < 1.29 is 22.8 Å². The van der Waals surface area contributed by atoms with Crippen molar-refractivity contribution in [1.82, 2.24) is 5.32 Å². The zero-order valence-electron chi connectivity index (χ0n) is 9.78. The molecular weight excluding hydrogens is 266 g/mol. The lowest BCUT2D eigenvalue weighted by molar-refractivity contribution is -0.125. The van der Waals surface area contributed by atoms with Gasteiger partial charge in [0.1, 0.15) is 0 Å². The van der Waals surface area contributed by atoms with E-state index in [1.54, 1.807) is 12.1 Å². The van der Waals surface area contributed by atoms with E-state index >= 15 is 0 Å². The van der Waals surface area contributed by atoms with Crippen molar-refractivity contribution in [3.8, 4) is 0 Å². The topological polar surface area (TPSA) is 70.6 Å². The molecule has 0 spiro atoms. The third-order valence-corrected chi connectivity index (χ3v) is 2.37. The number of nitrogens with two attached hydrogens (primary N) is 1. The van der Waals surface area contributed by atoms with E-state index in [1.165, 1.54) is 12.1 Å². The molecule has 0 saturated carbocycles. The van der Waals surface area contributed by atoms with Crippen LogP contribution in [0.15, 0.2) is 29.4 Å². The molecule has 0 aliphatic carbocycles. The van der Waals surface area contributed by atoms with Gasteiger partial charge in [0.2, 0.25) is 0 Å². The van der Waals surface area contributed by atoms with E-state index in [9.17, 15) is 17.6 Å². The van der Waals surface area contributed by atoms with Crippen LogP contribution < -0.4 is 11.1 Å². The summed E-state index contributed by atoms with van der Waals surface area (Å²) in [6, 6.07) is 6.16. The lowest BCUT2D eigenvalue weighted by atomic mass is 10.1.